The van der Waals surface area contributed by atoms with E-state index in [-0.39, 0.29) is 11.1 Å². The van der Waals surface area contributed by atoms with Crippen molar-refractivity contribution in [1.29, 1.82) is 0 Å². The summed E-state index contributed by atoms with van der Waals surface area (Å²) in [5.74, 6) is 9.33. The standard InChI is InChI=1S/C18H19N3O2.C15H15N3O2/c1-3-9-21(10-4-2)14-7-5-13-6-8-15(18(23)20-19)17(12-22)16(13)11-14;1-2-7-17-11-5-3-10-4-6-12(15(20)18-16)14(9-19)13(10)8-11/h3-8,11-12H,1-2,9-10,19H2,(H,20,23);2-6,8-9,17H,1,7,16H2,(H,18,20). The molecule has 0 heterocycles. The van der Waals surface area contributed by atoms with Gasteiger partial charge in [-0.25, -0.2) is 11.7 Å². The molecule has 0 aliphatic rings. The largest absolute Gasteiger partial charge is 0.382 e. The quantitative estimate of drug-likeness (QED) is 0.0547. The van der Waals surface area contributed by atoms with E-state index in [1.807, 2.05) is 41.8 Å². The number of aldehydes is 2. The van der Waals surface area contributed by atoms with E-state index in [9.17, 15) is 19.2 Å². The van der Waals surface area contributed by atoms with Crippen molar-refractivity contribution in [2.75, 3.05) is 29.9 Å². The summed E-state index contributed by atoms with van der Waals surface area (Å²) < 4.78 is 0. The summed E-state index contributed by atoms with van der Waals surface area (Å²) in [5, 5.41) is 6.31. The molecule has 10 nitrogen and oxygen atoms in total. The Bertz CT molecular complexity index is 1690. The van der Waals surface area contributed by atoms with Crippen molar-refractivity contribution in [3.8, 4) is 0 Å². The average molecular weight is 579 g/mol. The molecule has 2 amide bonds. The summed E-state index contributed by atoms with van der Waals surface area (Å²) in [6.07, 6.45) is 6.69. The molecule has 0 fully saturated rings. The predicted octanol–water partition coefficient (Wildman–Crippen LogP) is 4.29. The maximum atomic E-state index is 11.8. The van der Waals surface area contributed by atoms with E-state index in [0.717, 1.165) is 22.1 Å². The highest BCUT2D eigenvalue weighted by Gasteiger charge is 2.15. The van der Waals surface area contributed by atoms with Crippen LogP contribution in [0.3, 0.4) is 0 Å². The number of fused-ring (bicyclic) bond motifs is 2. The molecular formula is C33H34N6O4. The van der Waals surface area contributed by atoms with E-state index in [1.165, 1.54) is 0 Å². The zero-order valence-corrected chi connectivity index (χ0v) is 23.6. The number of nitrogens with one attached hydrogen (secondary N) is 3. The zero-order valence-electron chi connectivity index (χ0n) is 23.6. The Labute approximate surface area is 249 Å². The average Bonchev–Trinajstić information content (AvgIpc) is 3.05. The van der Waals surface area contributed by atoms with Gasteiger partial charge in [-0.3, -0.25) is 30.0 Å². The Hall–Kier alpha value is -5.58. The topological polar surface area (TPSA) is 160 Å². The molecular weight excluding hydrogens is 544 g/mol. The van der Waals surface area contributed by atoms with Crippen LogP contribution in [0, 0.1) is 0 Å². The Balaban J connectivity index is 0.000000238. The first-order chi connectivity index (χ1) is 20.9. The summed E-state index contributed by atoms with van der Waals surface area (Å²) in [6, 6.07) is 18.2. The lowest BCUT2D eigenvalue weighted by atomic mass is 9.98. The van der Waals surface area contributed by atoms with Gasteiger partial charge < -0.3 is 10.2 Å². The predicted molar refractivity (Wildman–Crippen MR) is 173 cm³/mol. The summed E-state index contributed by atoms with van der Waals surface area (Å²) in [5.41, 5.74) is 7.05. The highest BCUT2D eigenvalue weighted by atomic mass is 16.2. The van der Waals surface area contributed by atoms with Crippen LogP contribution >= 0.6 is 0 Å². The minimum absolute atomic E-state index is 0.256. The fourth-order valence-corrected chi connectivity index (χ4v) is 4.57. The van der Waals surface area contributed by atoms with Crippen molar-refractivity contribution < 1.29 is 19.2 Å². The molecule has 43 heavy (non-hydrogen) atoms. The SMILES string of the molecule is C=CCN(CC=C)c1ccc2ccc(C(=O)NN)c(C=O)c2c1.C=CCNc1ccc2ccc(C(=O)NN)c(C=O)c2c1. The van der Waals surface area contributed by atoms with Crippen LogP contribution in [0.1, 0.15) is 41.4 Å². The van der Waals surface area contributed by atoms with Gasteiger partial charge in [0.15, 0.2) is 12.6 Å². The minimum Gasteiger partial charge on any atom is -0.382 e. The number of amides is 2. The lowest BCUT2D eigenvalue weighted by Crippen LogP contribution is -2.30. The Morgan fingerprint density at radius 3 is 1.65 bits per heavy atom. The van der Waals surface area contributed by atoms with Crippen LogP contribution in [0.2, 0.25) is 0 Å². The van der Waals surface area contributed by atoms with Crippen molar-refractivity contribution in [3.63, 3.8) is 0 Å². The molecule has 0 radical (unpaired) electrons. The number of rotatable bonds is 12. The molecule has 0 aliphatic heterocycles. The lowest BCUT2D eigenvalue weighted by molar-refractivity contribution is 0.0943. The second-order valence-corrected chi connectivity index (χ2v) is 9.23. The monoisotopic (exact) mass is 578 g/mol. The molecule has 0 spiro atoms. The Kier molecular flexibility index (Phi) is 11.5. The second kappa shape index (κ2) is 15.4. The van der Waals surface area contributed by atoms with E-state index in [1.54, 1.807) is 42.5 Å². The highest BCUT2D eigenvalue weighted by molar-refractivity contribution is 6.11. The molecule has 4 aromatic rings. The van der Waals surface area contributed by atoms with Gasteiger partial charge in [-0.15, -0.1) is 19.7 Å². The van der Waals surface area contributed by atoms with Gasteiger partial charge in [0.2, 0.25) is 0 Å². The van der Waals surface area contributed by atoms with Gasteiger partial charge in [0.05, 0.1) is 11.1 Å². The molecule has 7 N–H and O–H groups in total. The second-order valence-electron chi connectivity index (χ2n) is 9.23. The third kappa shape index (κ3) is 7.39. The van der Waals surface area contributed by atoms with Gasteiger partial charge in [-0.1, -0.05) is 42.5 Å². The van der Waals surface area contributed by atoms with Gasteiger partial charge in [0, 0.05) is 42.1 Å². The first-order valence-electron chi connectivity index (χ1n) is 13.2. The third-order valence-corrected chi connectivity index (χ3v) is 6.61. The number of nitrogen functional groups attached to an aromatic ring is 2. The molecule has 10 heteroatoms. The Morgan fingerprint density at radius 1 is 0.698 bits per heavy atom. The maximum absolute atomic E-state index is 11.8. The number of carbonyl (C=O) groups is 4. The third-order valence-electron chi connectivity index (χ3n) is 6.61. The molecule has 0 saturated carbocycles. The number of carbonyl (C=O) groups excluding carboxylic acids is 4. The molecule has 0 unspecified atom stereocenters. The van der Waals surface area contributed by atoms with Crippen molar-refractivity contribution in [1.82, 2.24) is 10.9 Å². The molecule has 0 aromatic heterocycles. The van der Waals surface area contributed by atoms with Gasteiger partial charge in [0.25, 0.3) is 11.8 Å². The van der Waals surface area contributed by atoms with Crippen LogP contribution in [0.5, 0.6) is 0 Å². The summed E-state index contributed by atoms with van der Waals surface area (Å²) in [6.45, 7) is 13.1. The van der Waals surface area contributed by atoms with E-state index in [2.05, 4.69) is 35.4 Å². The van der Waals surface area contributed by atoms with Gasteiger partial charge in [0.1, 0.15) is 0 Å². The summed E-state index contributed by atoms with van der Waals surface area (Å²) >= 11 is 0. The first-order valence-corrected chi connectivity index (χ1v) is 13.2. The molecule has 220 valence electrons. The zero-order chi connectivity index (χ0) is 31.4. The molecule has 0 saturated heterocycles. The number of hydrogen-bond acceptors (Lipinski definition) is 8. The van der Waals surface area contributed by atoms with Crippen LogP contribution in [0.4, 0.5) is 11.4 Å². The normalized spacial score (nSPS) is 10.1. The molecule has 0 atom stereocenters. The smallest absolute Gasteiger partial charge is 0.265 e. The van der Waals surface area contributed by atoms with Crippen molar-refractivity contribution in [2.24, 2.45) is 11.7 Å². The molecule has 0 bridgehead atoms. The number of nitrogens with two attached hydrogens (primary N) is 2. The number of nitrogens with zero attached hydrogens (tertiary/aromatic N) is 1. The summed E-state index contributed by atoms with van der Waals surface area (Å²) in [7, 11) is 0. The van der Waals surface area contributed by atoms with E-state index < -0.39 is 11.8 Å². The van der Waals surface area contributed by atoms with Crippen LogP contribution < -0.4 is 32.8 Å². The molecule has 0 aliphatic carbocycles. The van der Waals surface area contributed by atoms with Crippen LogP contribution in [-0.2, 0) is 0 Å². The molecule has 4 rings (SSSR count). The number of hydrogen-bond donors (Lipinski definition) is 5. The molecule has 4 aromatic carbocycles. The van der Waals surface area contributed by atoms with E-state index >= 15 is 0 Å². The van der Waals surface area contributed by atoms with Gasteiger partial charge in [-0.2, -0.15) is 0 Å². The van der Waals surface area contributed by atoms with Crippen LogP contribution in [0.15, 0.2) is 98.6 Å². The fraction of sp³-hybridized carbons (Fsp3) is 0.0909. The van der Waals surface area contributed by atoms with Crippen LogP contribution in [-0.4, -0.2) is 44.0 Å². The Morgan fingerprint density at radius 2 is 1.19 bits per heavy atom. The first kappa shape index (κ1) is 31.9. The van der Waals surface area contributed by atoms with Gasteiger partial charge >= 0.3 is 0 Å². The lowest BCUT2D eigenvalue weighted by Gasteiger charge is -2.22. The number of hydrazine groups is 2. The fourth-order valence-electron chi connectivity index (χ4n) is 4.57. The van der Waals surface area contributed by atoms with E-state index in [0.29, 0.717) is 54.1 Å². The van der Waals surface area contributed by atoms with E-state index in [4.69, 9.17) is 11.7 Å². The number of anilines is 2. The number of benzene rings is 4. The van der Waals surface area contributed by atoms with Crippen molar-refractivity contribution in [3.05, 3.63) is 121 Å². The van der Waals surface area contributed by atoms with Crippen molar-refractivity contribution in [2.45, 2.75) is 0 Å². The summed E-state index contributed by atoms with van der Waals surface area (Å²) in [4.78, 5) is 48.4. The van der Waals surface area contributed by atoms with Crippen molar-refractivity contribution >= 4 is 57.3 Å². The highest BCUT2D eigenvalue weighted by Crippen LogP contribution is 2.27. The van der Waals surface area contributed by atoms with Gasteiger partial charge in [-0.05, 0) is 57.9 Å². The minimum atomic E-state index is -0.492. The van der Waals surface area contributed by atoms with Crippen LogP contribution in [0.25, 0.3) is 21.5 Å². The maximum Gasteiger partial charge on any atom is 0.265 e.